The smallest absolute Gasteiger partial charge is 0.251 e. The second kappa shape index (κ2) is 7.53. The van der Waals surface area contributed by atoms with Crippen LogP contribution < -0.4 is 11.1 Å². The van der Waals surface area contributed by atoms with Crippen molar-refractivity contribution in [2.24, 2.45) is 5.73 Å². The molecule has 0 fully saturated rings. The molecular weight excluding hydrogens is 356 g/mol. The van der Waals surface area contributed by atoms with Gasteiger partial charge in [-0.3, -0.25) is 9.59 Å². The molecule has 0 spiro atoms. The van der Waals surface area contributed by atoms with Crippen molar-refractivity contribution in [3.8, 4) is 0 Å². The van der Waals surface area contributed by atoms with Crippen LogP contribution in [0.15, 0.2) is 42.5 Å². The minimum Gasteiger partial charge on any atom is -0.365 e. The monoisotopic (exact) mass is 378 g/mol. The summed E-state index contributed by atoms with van der Waals surface area (Å²) in [6, 6.07) is 14.0. The molecule has 3 aromatic rings. The summed E-state index contributed by atoms with van der Waals surface area (Å²) in [5.41, 5.74) is 8.19. The Morgan fingerprint density at radius 3 is 2.63 bits per heavy atom. The molecule has 0 unspecified atom stereocenters. The van der Waals surface area contributed by atoms with E-state index in [1.807, 2.05) is 42.5 Å². The first-order valence-corrected chi connectivity index (χ1v) is 10.2. The van der Waals surface area contributed by atoms with Crippen molar-refractivity contribution in [1.29, 1.82) is 0 Å². The number of hydrogen-bond acceptors (Lipinski definition) is 3. The van der Waals surface area contributed by atoms with Crippen LogP contribution in [-0.4, -0.2) is 11.8 Å². The Labute approximate surface area is 162 Å². The largest absolute Gasteiger partial charge is 0.365 e. The topological polar surface area (TPSA) is 72.2 Å². The van der Waals surface area contributed by atoms with Crippen molar-refractivity contribution in [3.05, 3.63) is 64.0 Å². The number of carbonyl (C=O) groups is 2. The first-order chi connectivity index (χ1) is 13.1. The zero-order chi connectivity index (χ0) is 18.8. The van der Waals surface area contributed by atoms with Gasteiger partial charge in [-0.05, 0) is 47.6 Å². The minimum absolute atomic E-state index is 0.120. The predicted molar refractivity (Wildman–Crippen MR) is 110 cm³/mol. The Hall–Kier alpha value is -2.66. The SMILES string of the molecule is NC(=O)c1c(NC(=O)Cc2cccc3ccccc23)sc2c1CCCCC2. The fraction of sp³-hybridized carbons (Fsp3) is 0.273. The standard InChI is InChI=1S/C22H22N2O2S/c23-21(26)20-17-11-2-1-3-12-18(17)27-22(20)24-19(25)13-15-9-6-8-14-7-4-5-10-16(14)15/h4-10H,1-3,11-13H2,(H2,23,26)(H,24,25). The number of benzene rings is 2. The van der Waals surface area contributed by atoms with Gasteiger partial charge in [0, 0.05) is 4.88 Å². The van der Waals surface area contributed by atoms with Crippen LogP contribution in [0.5, 0.6) is 0 Å². The van der Waals surface area contributed by atoms with Crippen molar-refractivity contribution in [1.82, 2.24) is 0 Å². The van der Waals surface area contributed by atoms with Gasteiger partial charge in [0.15, 0.2) is 0 Å². The maximum Gasteiger partial charge on any atom is 0.251 e. The molecule has 1 heterocycles. The van der Waals surface area contributed by atoms with E-state index in [4.69, 9.17) is 5.73 Å². The number of thiophene rings is 1. The summed E-state index contributed by atoms with van der Waals surface area (Å²) in [5, 5.41) is 5.76. The van der Waals surface area contributed by atoms with E-state index in [0.717, 1.165) is 47.6 Å². The fourth-order valence-electron chi connectivity index (χ4n) is 3.88. The summed E-state index contributed by atoms with van der Waals surface area (Å²) >= 11 is 1.51. The Morgan fingerprint density at radius 2 is 1.78 bits per heavy atom. The van der Waals surface area contributed by atoms with Gasteiger partial charge in [-0.1, -0.05) is 48.9 Å². The highest BCUT2D eigenvalue weighted by Gasteiger charge is 2.24. The summed E-state index contributed by atoms with van der Waals surface area (Å²) < 4.78 is 0. The molecule has 0 bridgehead atoms. The average molecular weight is 378 g/mol. The van der Waals surface area contributed by atoms with Crippen LogP contribution in [0.2, 0.25) is 0 Å². The van der Waals surface area contributed by atoms with E-state index in [9.17, 15) is 9.59 Å². The average Bonchev–Trinajstić information content (AvgIpc) is 2.83. The number of nitrogens with two attached hydrogens (primary N) is 1. The fourth-order valence-corrected chi connectivity index (χ4v) is 5.19. The maximum absolute atomic E-state index is 12.7. The third-order valence-electron chi connectivity index (χ3n) is 5.15. The predicted octanol–water partition coefficient (Wildman–Crippen LogP) is 4.45. The van der Waals surface area contributed by atoms with Crippen molar-refractivity contribution in [2.75, 3.05) is 5.32 Å². The normalized spacial score (nSPS) is 13.8. The molecule has 4 nitrogen and oxygen atoms in total. The van der Waals surface area contributed by atoms with Crippen molar-refractivity contribution in [2.45, 2.75) is 38.5 Å². The molecule has 2 aromatic carbocycles. The van der Waals surface area contributed by atoms with Crippen LogP contribution in [0, 0.1) is 0 Å². The molecule has 1 aromatic heterocycles. The van der Waals surface area contributed by atoms with Gasteiger partial charge in [-0.25, -0.2) is 0 Å². The van der Waals surface area contributed by atoms with Gasteiger partial charge in [-0.2, -0.15) is 0 Å². The van der Waals surface area contributed by atoms with Crippen LogP contribution in [0.25, 0.3) is 10.8 Å². The van der Waals surface area contributed by atoms with E-state index in [1.165, 1.54) is 22.6 Å². The summed E-state index contributed by atoms with van der Waals surface area (Å²) in [6.07, 6.45) is 5.44. The highest BCUT2D eigenvalue weighted by atomic mass is 32.1. The van der Waals surface area contributed by atoms with Crippen molar-refractivity contribution < 1.29 is 9.59 Å². The molecule has 1 aliphatic rings. The van der Waals surface area contributed by atoms with Crippen LogP contribution in [0.1, 0.15) is 45.6 Å². The van der Waals surface area contributed by atoms with Crippen molar-refractivity contribution >= 4 is 38.9 Å². The lowest BCUT2D eigenvalue weighted by Crippen LogP contribution is -2.19. The van der Waals surface area contributed by atoms with Crippen LogP contribution in [0.3, 0.4) is 0 Å². The van der Waals surface area contributed by atoms with Gasteiger partial charge in [0.2, 0.25) is 5.91 Å². The summed E-state index contributed by atoms with van der Waals surface area (Å²) in [5.74, 6) is -0.569. The summed E-state index contributed by atoms with van der Waals surface area (Å²) in [7, 11) is 0. The molecule has 0 atom stereocenters. The molecule has 3 N–H and O–H groups in total. The van der Waals surface area contributed by atoms with Gasteiger partial charge in [0.25, 0.3) is 5.91 Å². The summed E-state index contributed by atoms with van der Waals surface area (Å²) in [6.45, 7) is 0. The number of carbonyl (C=O) groups excluding carboxylic acids is 2. The molecular formula is C22H22N2O2S. The minimum atomic E-state index is -0.449. The zero-order valence-electron chi connectivity index (χ0n) is 15.1. The van der Waals surface area contributed by atoms with E-state index in [1.54, 1.807) is 0 Å². The zero-order valence-corrected chi connectivity index (χ0v) is 15.9. The van der Waals surface area contributed by atoms with Gasteiger partial charge in [-0.15, -0.1) is 11.3 Å². The number of primary amides is 1. The number of nitrogens with one attached hydrogen (secondary N) is 1. The first-order valence-electron chi connectivity index (χ1n) is 9.34. The quantitative estimate of drug-likeness (QED) is 0.658. The van der Waals surface area contributed by atoms with Crippen LogP contribution in [-0.2, 0) is 24.1 Å². The molecule has 5 heteroatoms. The maximum atomic E-state index is 12.7. The lowest BCUT2D eigenvalue weighted by Gasteiger charge is -2.08. The van der Waals surface area contributed by atoms with Crippen LogP contribution >= 0.6 is 11.3 Å². The first kappa shape index (κ1) is 17.7. The highest BCUT2D eigenvalue weighted by molar-refractivity contribution is 7.17. The van der Waals surface area contributed by atoms with E-state index in [0.29, 0.717) is 10.6 Å². The van der Waals surface area contributed by atoms with Crippen molar-refractivity contribution in [3.63, 3.8) is 0 Å². The number of rotatable bonds is 4. The van der Waals surface area contributed by atoms with E-state index in [2.05, 4.69) is 5.32 Å². The second-order valence-electron chi connectivity index (χ2n) is 7.00. The molecule has 0 radical (unpaired) electrons. The third-order valence-corrected chi connectivity index (χ3v) is 6.36. The van der Waals surface area contributed by atoms with Crippen LogP contribution in [0.4, 0.5) is 5.00 Å². The Bertz CT molecular complexity index is 1020. The van der Waals surface area contributed by atoms with E-state index < -0.39 is 5.91 Å². The Morgan fingerprint density at radius 1 is 1.00 bits per heavy atom. The Balaban J connectivity index is 1.60. The number of aryl methyl sites for hydroxylation is 1. The van der Waals surface area contributed by atoms with Gasteiger partial charge >= 0.3 is 0 Å². The molecule has 0 saturated carbocycles. The van der Waals surface area contributed by atoms with Gasteiger partial charge < -0.3 is 11.1 Å². The van der Waals surface area contributed by atoms with E-state index >= 15 is 0 Å². The second-order valence-corrected chi connectivity index (χ2v) is 8.10. The molecule has 138 valence electrons. The molecule has 27 heavy (non-hydrogen) atoms. The number of fused-ring (bicyclic) bond motifs is 2. The summed E-state index contributed by atoms with van der Waals surface area (Å²) in [4.78, 5) is 26.0. The molecule has 0 saturated heterocycles. The number of hydrogen-bond donors (Lipinski definition) is 2. The molecule has 2 amide bonds. The van der Waals surface area contributed by atoms with Gasteiger partial charge in [0.1, 0.15) is 5.00 Å². The molecule has 0 aliphatic heterocycles. The molecule has 4 rings (SSSR count). The molecule has 1 aliphatic carbocycles. The highest BCUT2D eigenvalue weighted by Crippen LogP contribution is 2.37. The van der Waals surface area contributed by atoms with E-state index in [-0.39, 0.29) is 12.3 Å². The Kier molecular flexibility index (Phi) is 4.94. The lowest BCUT2D eigenvalue weighted by atomic mass is 10.0. The number of amides is 2. The lowest BCUT2D eigenvalue weighted by molar-refractivity contribution is -0.115. The van der Waals surface area contributed by atoms with Gasteiger partial charge in [0.05, 0.1) is 12.0 Å². The number of anilines is 1. The third kappa shape index (κ3) is 3.60.